The molecule has 1 fully saturated rings. The number of carbonyl (C=O) groups is 1. The van der Waals surface area contributed by atoms with E-state index in [2.05, 4.69) is 10.3 Å². The van der Waals surface area contributed by atoms with Crippen LogP contribution in [0.3, 0.4) is 0 Å². The van der Waals surface area contributed by atoms with E-state index in [0.717, 1.165) is 4.57 Å². The molecule has 4 N–H and O–H groups in total. The number of hydrogen-bond donors (Lipinski definition) is 4. The lowest BCUT2D eigenvalue weighted by Gasteiger charge is -2.27. The standard InChI is InChI=1S/C15H24N3O9P/c1-4-25-28(24,26-5-2)14(22)12-10(20)11(21)13(27-12)18-7-6-9(16-8(3)19)17-15(18)23/h6-7,10-14,20-22H,4-5H2,1-3H3,(H,16,17,19,23)/t10-,11-,12-,13+,14-/m0/s1. The van der Waals surface area contributed by atoms with Crippen LogP contribution in [0.25, 0.3) is 0 Å². The Morgan fingerprint density at radius 3 is 2.46 bits per heavy atom. The second kappa shape index (κ2) is 9.23. The van der Waals surface area contributed by atoms with Crippen LogP contribution in [0.2, 0.25) is 0 Å². The zero-order valence-corrected chi connectivity index (χ0v) is 16.5. The number of nitrogens with zero attached hydrogens (tertiary/aromatic N) is 2. The van der Waals surface area contributed by atoms with Crippen molar-refractivity contribution in [2.45, 2.75) is 51.2 Å². The number of nitrogens with one attached hydrogen (secondary N) is 1. The van der Waals surface area contributed by atoms with Crippen molar-refractivity contribution in [3.05, 3.63) is 22.7 Å². The summed E-state index contributed by atoms with van der Waals surface area (Å²) < 4.78 is 29.1. The summed E-state index contributed by atoms with van der Waals surface area (Å²) in [5, 5.41) is 33.3. The van der Waals surface area contributed by atoms with Crippen molar-refractivity contribution in [2.24, 2.45) is 0 Å². The van der Waals surface area contributed by atoms with Crippen molar-refractivity contribution in [3.8, 4) is 0 Å². The van der Waals surface area contributed by atoms with Gasteiger partial charge in [-0.2, -0.15) is 4.98 Å². The first-order valence-electron chi connectivity index (χ1n) is 8.59. The van der Waals surface area contributed by atoms with Crippen LogP contribution in [-0.2, 0) is 23.1 Å². The molecule has 158 valence electrons. The second-order valence-corrected chi connectivity index (χ2v) is 8.07. The fourth-order valence-corrected chi connectivity index (χ4v) is 4.45. The Balaban J connectivity index is 2.28. The highest BCUT2D eigenvalue weighted by Crippen LogP contribution is 2.55. The van der Waals surface area contributed by atoms with Gasteiger partial charge in [-0.1, -0.05) is 0 Å². The van der Waals surface area contributed by atoms with E-state index in [4.69, 9.17) is 13.8 Å². The number of ether oxygens (including phenoxy) is 1. The first kappa shape index (κ1) is 22.6. The Morgan fingerprint density at radius 2 is 1.96 bits per heavy atom. The summed E-state index contributed by atoms with van der Waals surface area (Å²) in [4.78, 5) is 26.9. The maximum atomic E-state index is 12.7. The molecule has 0 radical (unpaired) electrons. The number of anilines is 1. The summed E-state index contributed by atoms with van der Waals surface area (Å²) in [7, 11) is -4.07. The smallest absolute Gasteiger partial charge is 0.361 e. The van der Waals surface area contributed by atoms with Crippen LogP contribution in [0, 0.1) is 0 Å². The lowest BCUT2D eigenvalue weighted by molar-refractivity contribution is -0.114. The van der Waals surface area contributed by atoms with Gasteiger partial charge >= 0.3 is 13.3 Å². The van der Waals surface area contributed by atoms with Crippen molar-refractivity contribution in [3.63, 3.8) is 0 Å². The van der Waals surface area contributed by atoms with Crippen LogP contribution in [0.5, 0.6) is 0 Å². The number of hydrogen-bond acceptors (Lipinski definition) is 10. The van der Waals surface area contributed by atoms with Crippen molar-refractivity contribution in [1.29, 1.82) is 0 Å². The molecule has 5 atom stereocenters. The number of carbonyl (C=O) groups excluding carboxylic acids is 1. The molecule has 1 amide bonds. The van der Waals surface area contributed by atoms with Crippen molar-refractivity contribution >= 4 is 19.3 Å². The Morgan fingerprint density at radius 1 is 1.36 bits per heavy atom. The third-order valence-corrected chi connectivity index (χ3v) is 6.10. The van der Waals surface area contributed by atoms with Gasteiger partial charge in [-0.05, 0) is 19.9 Å². The van der Waals surface area contributed by atoms with Crippen molar-refractivity contribution in [1.82, 2.24) is 9.55 Å². The average Bonchev–Trinajstić information content (AvgIpc) is 2.90. The monoisotopic (exact) mass is 421 g/mol. The summed E-state index contributed by atoms with van der Waals surface area (Å²) in [5.41, 5.74) is -0.879. The van der Waals surface area contributed by atoms with Gasteiger partial charge in [-0.25, -0.2) is 4.79 Å². The molecular weight excluding hydrogens is 397 g/mol. The van der Waals surface area contributed by atoms with Gasteiger partial charge in [-0.3, -0.25) is 13.9 Å². The molecule has 28 heavy (non-hydrogen) atoms. The number of rotatable bonds is 8. The van der Waals surface area contributed by atoms with E-state index in [9.17, 15) is 29.5 Å². The van der Waals surface area contributed by atoms with Crippen molar-refractivity contribution < 1.29 is 38.5 Å². The lowest BCUT2D eigenvalue weighted by atomic mass is 10.1. The SMILES string of the molecule is CCOP(=O)(OCC)[C@H](O)[C@H]1O[C@@H](n2ccc(NC(C)=O)nc2=O)[C@@H](O)[C@@H]1O. The zero-order chi connectivity index (χ0) is 21.1. The molecule has 0 saturated carbocycles. The molecule has 1 aliphatic rings. The fourth-order valence-electron chi connectivity index (χ4n) is 2.75. The Hall–Kier alpha value is -1.66. The molecule has 1 aromatic rings. The second-order valence-electron chi connectivity index (χ2n) is 5.95. The van der Waals surface area contributed by atoms with Gasteiger partial charge in [0.25, 0.3) is 0 Å². The van der Waals surface area contributed by atoms with E-state index in [1.165, 1.54) is 19.2 Å². The van der Waals surface area contributed by atoms with E-state index in [-0.39, 0.29) is 19.0 Å². The van der Waals surface area contributed by atoms with Crippen LogP contribution < -0.4 is 11.0 Å². The number of aliphatic hydroxyl groups is 3. The lowest BCUT2D eigenvalue weighted by Crippen LogP contribution is -2.39. The quantitative estimate of drug-likeness (QED) is 0.398. The molecular formula is C15H24N3O9P. The molecule has 13 heteroatoms. The van der Waals surface area contributed by atoms with Crippen molar-refractivity contribution in [2.75, 3.05) is 18.5 Å². The molecule has 0 unspecified atom stereocenters. The predicted octanol–water partition coefficient (Wildman–Crippen LogP) is -0.595. The van der Waals surface area contributed by atoms with Gasteiger partial charge in [0.1, 0.15) is 24.1 Å². The molecule has 1 saturated heterocycles. The minimum Gasteiger partial charge on any atom is -0.387 e. The van der Waals surface area contributed by atoms with Gasteiger partial charge < -0.3 is 34.4 Å². The third kappa shape index (κ3) is 4.66. The minimum absolute atomic E-state index is 0.00411. The maximum Gasteiger partial charge on any atom is 0.361 e. The van der Waals surface area contributed by atoms with Crippen LogP contribution >= 0.6 is 7.60 Å². The predicted molar refractivity (Wildman–Crippen MR) is 95.6 cm³/mol. The van der Waals surface area contributed by atoms with Crippen LogP contribution in [-0.4, -0.2) is 68.1 Å². The molecule has 2 rings (SSSR count). The minimum atomic E-state index is -4.07. The zero-order valence-electron chi connectivity index (χ0n) is 15.6. The summed E-state index contributed by atoms with van der Waals surface area (Å²) in [6.45, 7) is 4.27. The summed E-state index contributed by atoms with van der Waals surface area (Å²) in [5.74, 6) is -2.33. The van der Waals surface area contributed by atoms with E-state index < -0.39 is 49.6 Å². The van der Waals surface area contributed by atoms with Crippen LogP contribution in [0.15, 0.2) is 17.1 Å². The molecule has 1 aliphatic heterocycles. The van der Waals surface area contributed by atoms with E-state index in [1.807, 2.05) is 0 Å². The molecule has 0 spiro atoms. The number of aliphatic hydroxyl groups excluding tert-OH is 3. The average molecular weight is 421 g/mol. The molecule has 0 aromatic carbocycles. The van der Waals surface area contributed by atoms with E-state index in [0.29, 0.717) is 0 Å². The van der Waals surface area contributed by atoms with E-state index in [1.54, 1.807) is 13.8 Å². The summed E-state index contributed by atoms with van der Waals surface area (Å²) in [6, 6.07) is 1.29. The molecule has 2 heterocycles. The number of aromatic nitrogens is 2. The first-order valence-corrected chi connectivity index (χ1v) is 10.2. The molecule has 0 bridgehead atoms. The highest BCUT2D eigenvalue weighted by molar-refractivity contribution is 7.54. The molecule has 1 aromatic heterocycles. The Kier molecular flexibility index (Phi) is 7.46. The highest BCUT2D eigenvalue weighted by atomic mass is 31.2. The van der Waals surface area contributed by atoms with Gasteiger partial charge in [0.15, 0.2) is 12.1 Å². The van der Waals surface area contributed by atoms with Gasteiger partial charge in [0, 0.05) is 13.1 Å². The summed E-state index contributed by atoms with van der Waals surface area (Å²) in [6.07, 6.45) is -5.09. The topological polar surface area (TPSA) is 169 Å². The maximum absolute atomic E-state index is 12.7. The van der Waals surface area contributed by atoms with Gasteiger partial charge in [0.2, 0.25) is 5.91 Å². The first-order chi connectivity index (χ1) is 13.1. The third-order valence-electron chi connectivity index (χ3n) is 3.92. The van der Waals surface area contributed by atoms with Crippen LogP contribution in [0.4, 0.5) is 5.82 Å². The van der Waals surface area contributed by atoms with Crippen LogP contribution in [0.1, 0.15) is 27.0 Å². The van der Waals surface area contributed by atoms with Gasteiger partial charge in [0.05, 0.1) is 13.2 Å². The Labute approximate surface area is 160 Å². The van der Waals surface area contributed by atoms with Gasteiger partial charge in [-0.15, -0.1) is 0 Å². The normalized spacial score (nSPS) is 26.2. The molecule has 0 aliphatic carbocycles. The summed E-state index contributed by atoms with van der Waals surface area (Å²) >= 11 is 0. The molecule has 12 nitrogen and oxygen atoms in total. The fraction of sp³-hybridized carbons (Fsp3) is 0.667. The Bertz CT molecular complexity index is 791. The largest absolute Gasteiger partial charge is 0.387 e. The highest BCUT2D eigenvalue weighted by Gasteiger charge is 2.53. The van der Waals surface area contributed by atoms with E-state index >= 15 is 0 Å². The number of amides is 1.